The molecular weight excluding hydrogens is 315 g/mol. The number of cyclic esters (lactones) is 1. The lowest BCUT2D eigenvalue weighted by Crippen LogP contribution is -2.71. The minimum absolute atomic E-state index is 0.0338. The second-order valence-corrected chi connectivity index (χ2v) is 6.52. The van der Waals surface area contributed by atoms with E-state index in [0.717, 1.165) is 20.1 Å². The van der Waals surface area contributed by atoms with Crippen LogP contribution in [0, 0.1) is 0 Å². The van der Waals surface area contributed by atoms with Gasteiger partial charge in [-0.15, -0.1) is 8.20 Å². The van der Waals surface area contributed by atoms with Gasteiger partial charge in [0, 0.05) is 12.7 Å². The number of hydrogen-bond acceptors (Lipinski definition) is 4. The molecule has 3 heterocycles. The zero-order valence-electron chi connectivity index (χ0n) is 12.9. The molecule has 3 rings (SSSR count). The van der Waals surface area contributed by atoms with E-state index in [9.17, 15) is 9.59 Å². The van der Waals surface area contributed by atoms with Crippen LogP contribution >= 0.6 is 8.20 Å². The van der Waals surface area contributed by atoms with Crippen LogP contribution < -0.4 is 0 Å². The lowest BCUT2D eigenvalue weighted by Gasteiger charge is -2.49. The third-order valence-electron chi connectivity index (χ3n) is 4.15. The molecule has 0 aromatic carbocycles. The van der Waals surface area contributed by atoms with E-state index in [1.54, 1.807) is 16.1 Å². The number of hydrogen-bond donors (Lipinski definition) is 0. The van der Waals surface area contributed by atoms with E-state index in [1.165, 1.54) is 0 Å². The van der Waals surface area contributed by atoms with Gasteiger partial charge in [-0.2, -0.15) is 0 Å². The Balaban J connectivity index is 1.80. The summed E-state index contributed by atoms with van der Waals surface area (Å²) in [6.45, 7) is 2.85. The van der Waals surface area contributed by atoms with Crippen LogP contribution in [0.15, 0.2) is 28.9 Å². The molecule has 122 valence electrons. The topological polar surface area (TPSA) is 63.0 Å². The number of carbonyl (C=O) groups excluding carboxylic acids is 2. The normalized spacial score (nSPS) is 27.8. The summed E-state index contributed by atoms with van der Waals surface area (Å²) in [5.41, 5.74) is 0. The Kier molecular flexibility index (Phi) is 4.53. The molecule has 2 fully saturated rings. The van der Waals surface area contributed by atoms with Crippen LogP contribution in [0.25, 0.3) is 6.08 Å². The van der Waals surface area contributed by atoms with Crippen LogP contribution in [0.1, 0.15) is 12.7 Å². The molecule has 1 aromatic rings. The predicted octanol–water partition coefficient (Wildman–Crippen LogP) is 2.09. The van der Waals surface area contributed by atoms with E-state index < -0.39 is 12.1 Å². The Morgan fingerprint density at radius 2 is 2.30 bits per heavy atom. The van der Waals surface area contributed by atoms with E-state index >= 15 is 0 Å². The number of furan rings is 1. The second kappa shape index (κ2) is 6.59. The van der Waals surface area contributed by atoms with Gasteiger partial charge in [-0.1, -0.05) is 12.4 Å². The average Bonchev–Trinajstić information content (AvgIpc) is 3.16. The number of likely N-dealkylation sites (tertiary alicyclic amines) is 1. The number of carbonyl (C=O) groups is 2. The number of rotatable bonds is 6. The van der Waals surface area contributed by atoms with Gasteiger partial charge in [-0.05, 0) is 25.1 Å². The third kappa shape index (κ3) is 2.91. The largest absolute Gasteiger partial charge is 0.465 e. The molecule has 0 spiro atoms. The third-order valence-corrected chi connectivity index (χ3v) is 4.67. The van der Waals surface area contributed by atoms with E-state index in [2.05, 4.69) is 6.30 Å². The highest BCUT2D eigenvalue weighted by atomic mass is 31.1. The van der Waals surface area contributed by atoms with E-state index in [-0.39, 0.29) is 18.0 Å². The molecule has 2 aliphatic rings. The lowest BCUT2D eigenvalue weighted by molar-refractivity contribution is -0.153. The summed E-state index contributed by atoms with van der Waals surface area (Å²) >= 11 is 0. The van der Waals surface area contributed by atoms with Gasteiger partial charge in [0.15, 0.2) is 0 Å². The molecule has 1 aromatic heterocycles. The van der Waals surface area contributed by atoms with E-state index in [0.29, 0.717) is 13.2 Å². The molecule has 0 bridgehead atoms. The second-order valence-electron chi connectivity index (χ2n) is 5.62. The van der Waals surface area contributed by atoms with Crippen molar-refractivity contribution in [3.05, 3.63) is 30.2 Å². The van der Waals surface area contributed by atoms with Crippen LogP contribution in [0.5, 0.6) is 0 Å². The molecule has 3 atom stereocenters. The van der Waals surface area contributed by atoms with Crippen LogP contribution in [-0.4, -0.2) is 65.5 Å². The van der Waals surface area contributed by atoms with Crippen LogP contribution in [0.3, 0.4) is 0 Å². The van der Waals surface area contributed by atoms with Gasteiger partial charge < -0.3 is 14.1 Å². The maximum Gasteiger partial charge on any atom is 0.410 e. The van der Waals surface area contributed by atoms with Crippen molar-refractivity contribution in [3.8, 4) is 0 Å². The van der Waals surface area contributed by atoms with Crippen LogP contribution in [0.4, 0.5) is 4.79 Å². The molecule has 23 heavy (non-hydrogen) atoms. The number of β-lactam (4-membered cyclic amide) rings is 1. The van der Waals surface area contributed by atoms with Gasteiger partial charge in [0.1, 0.15) is 18.4 Å². The Hall–Kier alpha value is -2.07. The fourth-order valence-corrected chi connectivity index (χ4v) is 3.33. The molecule has 0 saturated carbocycles. The van der Waals surface area contributed by atoms with Crippen LogP contribution in [-0.2, 0) is 9.53 Å². The minimum atomic E-state index is -0.493. The van der Waals surface area contributed by atoms with Crippen molar-refractivity contribution >= 4 is 32.6 Å². The van der Waals surface area contributed by atoms with Gasteiger partial charge in [0.25, 0.3) is 0 Å². The SMILES string of the molecule is C=PCCN1C(=O)C(N2C(=O)OCC2C)C1C=Cc1ccco1. The first-order chi connectivity index (χ1) is 11.1. The van der Waals surface area contributed by atoms with Gasteiger partial charge in [-0.25, -0.2) is 4.79 Å². The first-order valence-electron chi connectivity index (χ1n) is 7.53. The first kappa shape index (κ1) is 15.8. The maximum atomic E-state index is 12.5. The fourth-order valence-electron chi connectivity index (χ4n) is 2.98. The van der Waals surface area contributed by atoms with Crippen molar-refractivity contribution in [1.82, 2.24) is 9.80 Å². The van der Waals surface area contributed by atoms with E-state index in [4.69, 9.17) is 9.15 Å². The van der Waals surface area contributed by atoms with Crippen molar-refractivity contribution < 1.29 is 18.7 Å². The summed E-state index contributed by atoms with van der Waals surface area (Å²) in [5.74, 6) is 0.684. The molecule has 2 saturated heterocycles. The molecule has 0 aliphatic carbocycles. The van der Waals surface area contributed by atoms with Crippen molar-refractivity contribution in [3.63, 3.8) is 0 Å². The molecular formula is C16H19N2O4P. The van der Waals surface area contributed by atoms with Gasteiger partial charge in [0.05, 0.1) is 18.3 Å². The first-order valence-corrected chi connectivity index (χ1v) is 8.79. The molecule has 7 heteroatoms. The molecule has 2 amide bonds. The molecule has 2 aliphatic heterocycles. The summed E-state index contributed by atoms with van der Waals surface area (Å²) in [7, 11) is 0.993. The number of ether oxygens (including phenoxy) is 1. The zero-order chi connectivity index (χ0) is 16.4. The van der Waals surface area contributed by atoms with Crippen LogP contribution in [0.2, 0.25) is 0 Å². The van der Waals surface area contributed by atoms with Crippen molar-refractivity contribution in [2.75, 3.05) is 19.3 Å². The molecule has 3 unspecified atom stereocenters. The highest BCUT2D eigenvalue weighted by Crippen LogP contribution is 2.31. The van der Waals surface area contributed by atoms with Gasteiger partial charge in [-0.3, -0.25) is 9.69 Å². The molecule has 0 N–H and O–H groups in total. The van der Waals surface area contributed by atoms with Crippen molar-refractivity contribution in [2.24, 2.45) is 0 Å². The van der Waals surface area contributed by atoms with Crippen molar-refractivity contribution in [2.45, 2.75) is 25.0 Å². The number of amides is 2. The highest BCUT2D eigenvalue weighted by molar-refractivity contribution is 7.36. The summed E-state index contributed by atoms with van der Waals surface area (Å²) < 4.78 is 10.4. The summed E-state index contributed by atoms with van der Waals surface area (Å²) in [4.78, 5) is 27.8. The Labute approximate surface area is 136 Å². The average molecular weight is 334 g/mol. The Morgan fingerprint density at radius 1 is 1.48 bits per heavy atom. The number of nitrogens with zero attached hydrogens (tertiary/aromatic N) is 2. The Bertz CT molecular complexity index is 628. The monoisotopic (exact) mass is 334 g/mol. The summed E-state index contributed by atoms with van der Waals surface area (Å²) in [6.07, 6.45) is 9.54. The fraction of sp³-hybridized carbons (Fsp3) is 0.438. The molecule has 0 radical (unpaired) electrons. The molecule has 6 nitrogen and oxygen atoms in total. The quantitative estimate of drug-likeness (QED) is 0.590. The highest BCUT2D eigenvalue weighted by Gasteiger charge is 2.53. The predicted molar refractivity (Wildman–Crippen MR) is 88.6 cm³/mol. The van der Waals surface area contributed by atoms with E-state index in [1.807, 2.05) is 31.2 Å². The van der Waals surface area contributed by atoms with Crippen molar-refractivity contribution in [1.29, 1.82) is 0 Å². The Morgan fingerprint density at radius 3 is 2.91 bits per heavy atom. The lowest BCUT2D eigenvalue weighted by atomic mass is 9.92. The standard InChI is InChI=1S/C16H19N2O4P/c1-11-10-22-16(20)18(11)14-13(6-5-12-4-3-8-21-12)17(15(14)19)7-9-23-2/h3-6,8,11,13-14H,2,7,9-10H2,1H3. The minimum Gasteiger partial charge on any atom is -0.465 e. The maximum absolute atomic E-state index is 12.5. The summed E-state index contributed by atoms with van der Waals surface area (Å²) in [6, 6.07) is 2.90. The smallest absolute Gasteiger partial charge is 0.410 e. The zero-order valence-corrected chi connectivity index (χ0v) is 13.8. The summed E-state index contributed by atoms with van der Waals surface area (Å²) in [5, 5.41) is 0. The van der Waals surface area contributed by atoms with Gasteiger partial charge >= 0.3 is 6.09 Å². The van der Waals surface area contributed by atoms with Gasteiger partial charge in [0.2, 0.25) is 5.91 Å².